The van der Waals surface area contributed by atoms with E-state index < -0.39 is 0 Å². The van der Waals surface area contributed by atoms with Crippen LogP contribution in [0.4, 0.5) is 0 Å². The van der Waals surface area contributed by atoms with Gasteiger partial charge in [0, 0.05) is 11.9 Å². The first-order valence-electron chi connectivity index (χ1n) is 7.31. The molecule has 1 aliphatic heterocycles. The van der Waals surface area contributed by atoms with Crippen LogP contribution in [0, 0.1) is 12.8 Å². The molecule has 0 radical (unpaired) electrons. The largest absolute Gasteiger partial charge is 0.330 e. The number of hydrogen-bond donors (Lipinski definition) is 2. The maximum atomic E-state index is 11.8. The SMILES string of the molecule is Cc1c[nH]c(=O)n1-c1cccc(CC2CCCNC2)c1. The van der Waals surface area contributed by atoms with Crippen molar-refractivity contribution in [3.63, 3.8) is 0 Å². The van der Waals surface area contributed by atoms with Crippen LogP contribution < -0.4 is 11.0 Å². The van der Waals surface area contributed by atoms with E-state index in [4.69, 9.17) is 0 Å². The first-order valence-corrected chi connectivity index (χ1v) is 7.31. The summed E-state index contributed by atoms with van der Waals surface area (Å²) in [7, 11) is 0. The van der Waals surface area contributed by atoms with Gasteiger partial charge in [0.15, 0.2) is 0 Å². The number of nitrogens with zero attached hydrogens (tertiary/aromatic N) is 1. The highest BCUT2D eigenvalue weighted by Gasteiger charge is 2.14. The average molecular weight is 271 g/mol. The predicted octanol–water partition coefficient (Wildman–Crippen LogP) is 2.02. The predicted molar refractivity (Wildman–Crippen MR) is 80.4 cm³/mol. The second-order valence-electron chi connectivity index (χ2n) is 5.66. The fraction of sp³-hybridized carbons (Fsp3) is 0.438. The van der Waals surface area contributed by atoms with E-state index in [2.05, 4.69) is 22.4 Å². The molecule has 4 heteroatoms. The first-order chi connectivity index (χ1) is 9.74. The lowest BCUT2D eigenvalue weighted by Crippen LogP contribution is -2.30. The van der Waals surface area contributed by atoms with Gasteiger partial charge in [0.25, 0.3) is 0 Å². The highest BCUT2D eigenvalue weighted by atomic mass is 16.1. The standard InChI is InChI=1S/C16H21N3O/c1-12-10-18-16(20)19(12)15-6-2-4-13(9-15)8-14-5-3-7-17-11-14/h2,4,6,9-10,14,17H,3,5,7-8,11H2,1H3,(H,18,20). The van der Waals surface area contributed by atoms with Gasteiger partial charge in [0.05, 0.1) is 5.69 Å². The quantitative estimate of drug-likeness (QED) is 0.897. The molecule has 1 fully saturated rings. The Morgan fingerprint density at radius 2 is 2.30 bits per heavy atom. The number of piperidine rings is 1. The van der Waals surface area contributed by atoms with Gasteiger partial charge in [-0.05, 0) is 62.9 Å². The van der Waals surface area contributed by atoms with E-state index in [1.807, 2.05) is 19.1 Å². The Labute approximate surface area is 118 Å². The molecule has 0 bridgehead atoms. The molecule has 1 aromatic carbocycles. The zero-order chi connectivity index (χ0) is 13.9. The number of hydrogen-bond acceptors (Lipinski definition) is 2. The third-order valence-corrected chi connectivity index (χ3v) is 4.05. The summed E-state index contributed by atoms with van der Waals surface area (Å²) < 4.78 is 1.72. The fourth-order valence-corrected chi connectivity index (χ4v) is 3.03. The van der Waals surface area contributed by atoms with Crippen LogP contribution >= 0.6 is 0 Å². The van der Waals surface area contributed by atoms with Gasteiger partial charge >= 0.3 is 5.69 Å². The van der Waals surface area contributed by atoms with E-state index in [9.17, 15) is 4.79 Å². The number of aromatic nitrogens is 2. The number of H-pyrrole nitrogens is 1. The Hall–Kier alpha value is -1.81. The molecule has 4 nitrogen and oxygen atoms in total. The number of aromatic amines is 1. The van der Waals surface area contributed by atoms with Crippen molar-refractivity contribution in [2.75, 3.05) is 13.1 Å². The zero-order valence-corrected chi connectivity index (χ0v) is 11.9. The van der Waals surface area contributed by atoms with Gasteiger partial charge in [0.1, 0.15) is 0 Å². The van der Waals surface area contributed by atoms with E-state index in [1.54, 1.807) is 10.8 Å². The highest BCUT2D eigenvalue weighted by Crippen LogP contribution is 2.18. The first kappa shape index (κ1) is 13.2. The molecule has 0 spiro atoms. The van der Waals surface area contributed by atoms with E-state index >= 15 is 0 Å². The Morgan fingerprint density at radius 3 is 3.00 bits per heavy atom. The van der Waals surface area contributed by atoms with Crippen molar-refractivity contribution in [3.8, 4) is 5.69 Å². The molecule has 3 rings (SSSR count). The monoisotopic (exact) mass is 271 g/mol. The lowest BCUT2D eigenvalue weighted by Gasteiger charge is -2.22. The third kappa shape index (κ3) is 2.70. The van der Waals surface area contributed by atoms with E-state index in [1.165, 1.54) is 18.4 Å². The Bertz CT molecular complexity index is 635. The van der Waals surface area contributed by atoms with Gasteiger partial charge in [-0.1, -0.05) is 12.1 Å². The molecule has 2 N–H and O–H groups in total. The van der Waals surface area contributed by atoms with Crippen LogP contribution in [0.2, 0.25) is 0 Å². The molecule has 0 aliphatic carbocycles. The van der Waals surface area contributed by atoms with Crippen LogP contribution in [0.1, 0.15) is 24.1 Å². The van der Waals surface area contributed by atoms with Gasteiger partial charge in [-0.3, -0.25) is 4.57 Å². The minimum absolute atomic E-state index is 0.0704. The van der Waals surface area contributed by atoms with Crippen LogP contribution in [-0.4, -0.2) is 22.6 Å². The van der Waals surface area contributed by atoms with Crippen LogP contribution in [0.5, 0.6) is 0 Å². The molecule has 0 amide bonds. The second kappa shape index (κ2) is 5.67. The summed E-state index contributed by atoms with van der Waals surface area (Å²) in [4.78, 5) is 14.6. The summed E-state index contributed by atoms with van der Waals surface area (Å²) in [6.45, 7) is 4.19. The van der Waals surface area contributed by atoms with Crippen molar-refractivity contribution in [2.45, 2.75) is 26.2 Å². The molecule has 2 heterocycles. The normalized spacial score (nSPS) is 19.1. The number of nitrogens with one attached hydrogen (secondary N) is 2. The van der Waals surface area contributed by atoms with E-state index in [0.29, 0.717) is 5.92 Å². The molecular weight excluding hydrogens is 250 g/mol. The summed E-state index contributed by atoms with van der Waals surface area (Å²) in [5.74, 6) is 0.711. The van der Waals surface area contributed by atoms with Gasteiger partial charge < -0.3 is 10.3 Å². The van der Waals surface area contributed by atoms with Crippen LogP contribution in [-0.2, 0) is 6.42 Å². The molecule has 20 heavy (non-hydrogen) atoms. The number of imidazole rings is 1. The average Bonchev–Trinajstić information content (AvgIpc) is 2.80. The molecule has 106 valence electrons. The van der Waals surface area contributed by atoms with Gasteiger partial charge in [-0.15, -0.1) is 0 Å². The summed E-state index contributed by atoms with van der Waals surface area (Å²) in [5.41, 5.74) is 3.13. The molecule has 1 unspecified atom stereocenters. The number of benzene rings is 1. The lowest BCUT2D eigenvalue weighted by atomic mass is 9.92. The van der Waals surface area contributed by atoms with E-state index in [0.717, 1.165) is 30.9 Å². The highest BCUT2D eigenvalue weighted by molar-refractivity contribution is 5.37. The van der Waals surface area contributed by atoms with Crippen molar-refractivity contribution in [1.82, 2.24) is 14.9 Å². The van der Waals surface area contributed by atoms with E-state index in [-0.39, 0.29) is 5.69 Å². The minimum Gasteiger partial charge on any atom is -0.316 e. The van der Waals surface area contributed by atoms with Crippen molar-refractivity contribution in [2.24, 2.45) is 5.92 Å². The molecule has 0 saturated carbocycles. The van der Waals surface area contributed by atoms with Crippen molar-refractivity contribution < 1.29 is 0 Å². The molecule has 2 aromatic rings. The smallest absolute Gasteiger partial charge is 0.316 e. The summed E-state index contributed by atoms with van der Waals surface area (Å²) >= 11 is 0. The maximum Gasteiger partial charge on any atom is 0.330 e. The molecule has 1 aliphatic rings. The second-order valence-corrected chi connectivity index (χ2v) is 5.66. The fourth-order valence-electron chi connectivity index (χ4n) is 3.03. The summed E-state index contributed by atoms with van der Waals surface area (Å²) in [6, 6.07) is 8.33. The Balaban J connectivity index is 1.84. The maximum absolute atomic E-state index is 11.8. The number of aryl methyl sites for hydroxylation is 1. The minimum atomic E-state index is -0.0704. The van der Waals surface area contributed by atoms with Crippen LogP contribution in [0.3, 0.4) is 0 Å². The Morgan fingerprint density at radius 1 is 1.40 bits per heavy atom. The van der Waals surface area contributed by atoms with Crippen molar-refractivity contribution >= 4 is 0 Å². The number of rotatable bonds is 3. The van der Waals surface area contributed by atoms with Gasteiger partial charge in [0.2, 0.25) is 0 Å². The van der Waals surface area contributed by atoms with Crippen LogP contribution in [0.25, 0.3) is 5.69 Å². The summed E-state index contributed by atoms with van der Waals surface area (Å²) in [5, 5.41) is 3.46. The van der Waals surface area contributed by atoms with Crippen molar-refractivity contribution in [1.29, 1.82) is 0 Å². The molecule has 1 atom stereocenters. The van der Waals surface area contributed by atoms with Gasteiger partial charge in [-0.25, -0.2) is 4.79 Å². The zero-order valence-electron chi connectivity index (χ0n) is 11.9. The topological polar surface area (TPSA) is 49.8 Å². The van der Waals surface area contributed by atoms with Crippen LogP contribution in [0.15, 0.2) is 35.3 Å². The molecular formula is C16H21N3O. The molecule has 1 saturated heterocycles. The third-order valence-electron chi connectivity index (χ3n) is 4.05. The Kier molecular flexibility index (Phi) is 3.74. The molecule has 1 aromatic heterocycles. The lowest BCUT2D eigenvalue weighted by molar-refractivity contribution is 0.376. The van der Waals surface area contributed by atoms with Crippen molar-refractivity contribution in [3.05, 3.63) is 52.2 Å². The van der Waals surface area contributed by atoms with Gasteiger partial charge in [-0.2, -0.15) is 0 Å². The summed E-state index contributed by atoms with van der Waals surface area (Å²) in [6.07, 6.45) is 5.39.